The van der Waals surface area contributed by atoms with Gasteiger partial charge in [0.2, 0.25) is 0 Å². The summed E-state index contributed by atoms with van der Waals surface area (Å²) in [5, 5.41) is 0. The first-order chi connectivity index (χ1) is 9.71. The fraction of sp³-hybridized carbons (Fsp3) is 0.500. The highest BCUT2D eigenvalue weighted by atomic mass is 19.4. The molecule has 1 rings (SSSR count). The highest BCUT2D eigenvalue weighted by Gasteiger charge is 2.31. The van der Waals surface area contributed by atoms with Crippen LogP contribution in [0.15, 0.2) is 18.2 Å². The molecule has 118 valence electrons. The zero-order valence-electron chi connectivity index (χ0n) is 11.9. The van der Waals surface area contributed by atoms with Gasteiger partial charge >= 0.3 is 12.1 Å². The number of hydrogen-bond acceptors (Lipinski definition) is 4. The van der Waals surface area contributed by atoms with Gasteiger partial charge in [-0.05, 0) is 24.1 Å². The molecule has 1 aromatic rings. The Morgan fingerprint density at radius 1 is 1.29 bits per heavy atom. The molecule has 0 saturated heterocycles. The minimum atomic E-state index is -4.50. The van der Waals surface area contributed by atoms with Crippen LogP contribution in [0, 0.1) is 5.92 Å². The van der Waals surface area contributed by atoms with Crippen LogP contribution in [0.2, 0.25) is 0 Å². The molecule has 21 heavy (non-hydrogen) atoms. The van der Waals surface area contributed by atoms with Crippen molar-refractivity contribution in [3.05, 3.63) is 29.3 Å². The van der Waals surface area contributed by atoms with E-state index in [2.05, 4.69) is 0 Å². The van der Waals surface area contributed by atoms with Crippen molar-refractivity contribution in [1.29, 1.82) is 0 Å². The zero-order chi connectivity index (χ0) is 16.0. The number of benzene rings is 1. The van der Waals surface area contributed by atoms with Gasteiger partial charge < -0.3 is 15.2 Å². The average molecular weight is 305 g/mol. The third-order valence-electron chi connectivity index (χ3n) is 2.51. The van der Waals surface area contributed by atoms with Gasteiger partial charge in [-0.3, -0.25) is 0 Å². The SMILES string of the molecule is CC(C)COCCOC(=O)c1ccc(C(F)(F)F)cc1N. The molecule has 0 unspecified atom stereocenters. The average Bonchev–Trinajstić information content (AvgIpc) is 2.36. The van der Waals surface area contributed by atoms with E-state index in [4.69, 9.17) is 15.2 Å². The maximum Gasteiger partial charge on any atom is 0.416 e. The fourth-order valence-electron chi connectivity index (χ4n) is 1.52. The van der Waals surface area contributed by atoms with E-state index in [0.29, 0.717) is 18.6 Å². The number of halogens is 3. The Balaban J connectivity index is 2.55. The molecule has 0 aliphatic heterocycles. The first-order valence-electron chi connectivity index (χ1n) is 6.43. The number of carbonyl (C=O) groups excluding carboxylic acids is 1. The molecule has 0 aromatic heterocycles. The Morgan fingerprint density at radius 3 is 2.48 bits per heavy atom. The standard InChI is InChI=1S/C14H18F3NO3/c1-9(2)8-20-5-6-21-13(19)11-4-3-10(7-12(11)18)14(15,16)17/h3-4,7,9H,5-6,8,18H2,1-2H3. The Morgan fingerprint density at radius 2 is 1.95 bits per heavy atom. The van der Waals surface area contributed by atoms with Gasteiger partial charge in [0, 0.05) is 12.3 Å². The second-order valence-electron chi connectivity index (χ2n) is 4.90. The van der Waals surface area contributed by atoms with E-state index in [1.54, 1.807) is 0 Å². The number of carbonyl (C=O) groups is 1. The molecule has 1 aromatic carbocycles. The second-order valence-corrected chi connectivity index (χ2v) is 4.90. The summed E-state index contributed by atoms with van der Waals surface area (Å²) in [7, 11) is 0. The van der Waals surface area contributed by atoms with Crippen molar-refractivity contribution in [3.8, 4) is 0 Å². The van der Waals surface area contributed by atoms with Crippen LogP contribution in [0.5, 0.6) is 0 Å². The molecule has 2 N–H and O–H groups in total. The lowest BCUT2D eigenvalue weighted by Gasteiger charge is -2.11. The van der Waals surface area contributed by atoms with E-state index in [1.807, 2.05) is 13.8 Å². The highest BCUT2D eigenvalue weighted by molar-refractivity contribution is 5.95. The molecule has 0 amide bonds. The van der Waals surface area contributed by atoms with Gasteiger partial charge in [-0.2, -0.15) is 13.2 Å². The summed E-state index contributed by atoms with van der Waals surface area (Å²) < 4.78 is 47.5. The number of rotatable bonds is 6. The van der Waals surface area contributed by atoms with Crippen LogP contribution in [0.1, 0.15) is 29.8 Å². The third kappa shape index (κ3) is 5.63. The Kier molecular flexibility index (Phi) is 6.02. The lowest BCUT2D eigenvalue weighted by Crippen LogP contribution is -2.15. The van der Waals surface area contributed by atoms with E-state index < -0.39 is 17.7 Å². The van der Waals surface area contributed by atoms with Crippen molar-refractivity contribution in [2.75, 3.05) is 25.6 Å². The monoisotopic (exact) mass is 305 g/mol. The molecule has 0 saturated carbocycles. The molecule has 0 atom stereocenters. The van der Waals surface area contributed by atoms with Gasteiger partial charge in [-0.1, -0.05) is 13.8 Å². The maximum atomic E-state index is 12.5. The quantitative estimate of drug-likeness (QED) is 0.498. The summed E-state index contributed by atoms with van der Waals surface area (Å²) in [6.45, 7) is 4.75. The highest BCUT2D eigenvalue weighted by Crippen LogP contribution is 2.31. The van der Waals surface area contributed by atoms with Gasteiger partial charge in [0.25, 0.3) is 0 Å². The zero-order valence-corrected chi connectivity index (χ0v) is 11.9. The van der Waals surface area contributed by atoms with Crippen LogP contribution in [-0.4, -0.2) is 25.8 Å². The van der Waals surface area contributed by atoms with E-state index >= 15 is 0 Å². The summed E-state index contributed by atoms with van der Waals surface area (Å²) in [4.78, 5) is 11.7. The number of alkyl halides is 3. The van der Waals surface area contributed by atoms with Crippen molar-refractivity contribution in [2.45, 2.75) is 20.0 Å². The Labute approximate surface area is 121 Å². The summed E-state index contributed by atoms with van der Waals surface area (Å²) in [6.07, 6.45) is -4.50. The first-order valence-corrected chi connectivity index (χ1v) is 6.43. The van der Waals surface area contributed by atoms with Gasteiger partial charge in [-0.25, -0.2) is 4.79 Å². The fourth-order valence-corrected chi connectivity index (χ4v) is 1.52. The normalized spacial score (nSPS) is 11.7. The van der Waals surface area contributed by atoms with Gasteiger partial charge in [0.15, 0.2) is 0 Å². The lowest BCUT2D eigenvalue weighted by atomic mass is 10.1. The minimum Gasteiger partial charge on any atom is -0.460 e. The van der Waals surface area contributed by atoms with Crippen molar-refractivity contribution in [1.82, 2.24) is 0 Å². The minimum absolute atomic E-state index is 0.0199. The van der Waals surface area contributed by atoms with Crippen LogP contribution in [0.4, 0.5) is 18.9 Å². The summed E-state index contributed by atoms with van der Waals surface area (Å²) in [6, 6.07) is 2.52. The largest absolute Gasteiger partial charge is 0.460 e. The molecule has 0 heterocycles. The first kappa shape index (κ1) is 17.3. The molecule has 0 aliphatic carbocycles. The summed E-state index contributed by atoms with van der Waals surface area (Å²) in [5.74, 6) is -0.402. The van der Waals surface area contributed by atoms with E-state index in [-0.39, 0.29) is 24.5 Å². The summed E-state index contributed by atoms with van der Waals surface area (Å²) in [5.41, 5.74) is 4.19. The molecule has 7 heteroatoms. The third-order valence-corrected chi connectivity index (χ3v) is 2.51. The van der Waals surface area contributed by atoms with Crippen LogP contribution in [0.25, 0.3) is 0 Å². The van der Waals surface area contributed by atoms with Crippen molar-refractivity contribution < 1.29 is 27.4 Å². The topological polar surface area (TPSA) is 61.5 Å². The van der Waals surface area contributed by atoms with Gasteiger partial charge in [0.05, 0.1) is 17.7 Å². The molecule has 0 spiro atoms. The molecule has 4 nitrogen and oxygen atoms in total. The Hall–Kier alpha value is -1.76. The van der Waals surface area contributed by atoms with Crippen LogP contribution in [-0.2, 0) is 15.7 Å². The number of hydrogen-bond donors (Lipinski definition) is 1. The number of nitrogens with two attached hydrogens (primary N) is 1. The van der Waals surface area contributed by atoms with E-state index in [9.17, 15) is 18.0 Å². The maximum absolute atomic E-state index is 12.5. The predicted molar refractivity (Wildman–Crippen MR) is 71.8 cm³/mol. The molecular formula is C14H18F3NO3. The molecule has 0 radical (unpaired) electrons. The number of anilines is 1. The van der Waals surface area contributed by atoms with Gasteiger partial charge in [0.1, 0.15) is 6.61 Å². The lowest BCUT2D eigenvalue weighted by molar-refractivity contribution is -0.137. The molecular weight excluding hydrogens is 287 g/mol. The van der Waals surface area contributed by atoms with Crippen LogP contribution >= 0.6 is 0 Å². The second kappa shape index (κ2) is 7.31. The predicted octanol–water partition coefficient (Wildman–Crippen LogP) is 3.12. The van der Waals surface area contributed by atoms with E-state index in [0.717, 1.165) is 12.1 Å². The Bertz CT molecular complexity index is 487. The van der Waals surface area contributed by atoms with Crippen molar-refractivity contribution in [3.63, 3.8) is 0 Å². The smallest absolute Gasteiger partial charge is 0.416 e. The van der Waals surface area contributed by atoms with Crippen molar-refractivity contribution in [2.24, 2.45) is 5.92 Å². The number of ether oxygens (including phenoxy) is 2. The molecule has 0 bridgehead atoms. The summed E-state index contributed by atoms with van der Waals surface area (Å²) >= 11 is 0. The van der Waals surface area contributed by atoms with Crippen LogP contribution in [0.3, 0.4) is 0 Å². The van der Waals surface area contributed by atoms with Crippen molar-refractivity contribution >= 4 is 11.7 Å². The molecule has 0 fully saturated rings. The number of esters is 1. The number of nitrogen functional groups attached to an aromatic ring is 1. The van der Waals surface area contributed by atoms with Gasteiger partial charge in [-0.15, -0.1) is 0 Å². The van der Waals surface area contributed by atoms with Crippen LogP contribution < -0.4 is 5.73 Å². The van der Waals surface area contributed by atoms with E-state index in [1.165, 1.54) is 0 Å². The molecule has 0 aliphatic rings.